The Balaban J connectivity index is 0.000000648. The summed E-state index contributed by atoms with van der Waals surface area (Å²) in [6.45, 7) is 13.3. The molecule has 0 unspecified atom stereocenters. The van der Waals surface area contributed by atoms with Crippen LogP contribution in [0.2, 0.25) is 0 Å². The zero-order chi connectivity index (χ0) is 29.0. The van der Waals surface area contributed by atoms with Gasteiger partial charge in [0, 0.05) is 37.4 Å². The van der Waals surface area contributed by atoms with E-state index in [2.05, 4.69) is 32.6 Å². The first-order valence-electron chi connectivity index (χ1n) is 15.1. The molecule has 1 heterocycles. The van der Waals surface area contributed by atoms with Crippen LogP contribution in [-0.2, 0) is 24.4 Å². The first kappa shape index (κ1) is 31.1. The summed E-state index contributed by atoms with van der Waals surface area (Å²) in [6, 6.07) is 0.107. The van der Waals surface area contributed by atoms with Gasteiger partial charge in [-0.15, -0.1) is 0 Å². The van der Waals surface area contributed by atoms with E-state index < -0.39 is 10.1 Å². The van der Waals surface area contributed by atoms with Gasteiger partial charge in [0.15, 0.2) is 0 Å². The van der Waals surface area contributed by atoms with Crippen molar-refractivity contribution in [2.45, 2.75) is 110 Å². The molecule has 4 aliphatic carbocycles. The molecule has 4 saturated carbocycles. The summed E-state index contributed by atoms with van der Waals surface area (Å²) in [5.41, 5.74) is -0.315. The van der Waals surface area contributed by atoms with E-state index in [1.807, 2.05) is 0 Å². The Kier molecular flexibility index (Phi) is 8.83. The minimum absolute atomic E-state index is 0.0541. The van der Waals surface area contributed by atoms with Gasteiger partial charge < -0.3 is 9.84 Å². The highest BCUT2D eigenvalue weighted by molar-refractivity contribution is 7.85. The number of hydrogen-bond acceptors (Lipinski definition) is 7. The molecule has 2 N–H and O–H groups in total. The summed E-state index contributed by atoms with van der Waals surface area (Å²) in [7, 11) is -3.67. The number of rotatable bonds is 4. The molecule has 0 spiro atoms. The van der Waals surface area contributed by atoms with Crippen LogP contribution in [0.5, 0.6) is 0 Å². The molecule has 1 saturated heterocycles. The van der Waals surface area contributed by atoms with Crippen molar-refractivity contribution < 1.29 is 32.4 Å². The molecule has 39 heavy (non-hydrogen) atoms. The molecule has 224 valence electrons. The van der Waals surface area contributed by atoms with E-state index in [0.29, 0.717) is 36.2 Å². The molecule has 0 bridgehead atoms. The Bertz CT molecular complexity index is 1030. The normalized spacial score (nSPS) is 43.9. The smallest absolute Gasteiger partial charge is 0.261 e. The van der Waals surface area contributed by atoms with Crippen molar-refractivity contribution in [2.75, 3.05) is 26.0 Å². The Morgan fingerprint density at radius 3 is 2.33 bits per heavy atom. The number of ether oxygens (including phenoxy) is 1. The van der Waals surface area contributed by atoms with E-state index in [1.165, 1.54) is 0 Å². The Labute approximate surface area is 235 Å². The van der Waals surface area contributed by atoms with E-state index in [4.69, 9.17) is 9.29 Å². The molecule has 8 nitrogen and oxygen atoms in total. The second kappa shape index (κ2) is 11.1. The van der Waals surface area contributed by atoms with Gasteiger partial charge in [0.2, 0.25) is 0 Å². The summed E-state index contributed by atoms with van der Waals surface area (Å²) >= 11 is 0. The summed E-state index contributed by atoms with van der Waals surface area (Å²) in [6.07, 6.45) is 8.93. The molecule has 0 aromatic carbocycles. The van der Waals surface area contributed by atoms with Crippen LogP contribution in [0.25, 0.3) is 0 Å². The average Bonchev–Trinajstić information content (AvgIpc) is 3.19. The maximum absolute atomic E-state index is 14.0. The number of fused-ring (bicyclic) bond motifs is 5. The fraction of sp³-hybridized carbons (Fsp3) is 0.933. The monoisotopic (exact) mass is 569 g/mol. The third kappa shape index (κ3) is 5.77. The highest BCUT2D eigenvalue weighted by Gasteiger charge is 2.65. The van der Waals surface area contributed by atoms with Gasteiger partial charge in [-0.1, -0.05) is 27.7 Å². The lowest BCUT2D eigenvalue weighted by atomic mass is 9.43. The zero-order valence-electron chi connectivity index (χ0n) is 24.8. The predicted octanol–water partition coefficient (Wildman–Crippen LogP) is 4.15. The van der Waals surface area contributed by atoms with Crippen LogP contribution in [-0.4, -0.2) is 78.2 Å². The van der Waals surface area contributed by atoms with Gasteiger partial charge in [-0.25, -0.2) is 0 Å². The summed E-state index contributed by atoms with van der Waals surface area (Å²) in [5, 5.41) is 11.3. The number of morpholine rings is 1. The molecule has 9 heteroatoms. The second-order valence-electron chi connectivity index (χ2n) is 13.9. The number of carbonyl (C=O) groups is 2. The number of hydrogen-bond donors (Lipinski definition) is 2. The van der Waals surface area contributed by atoms with Crippen LogP contribution < -0.4 is 0 Å². The molecule has 0 amide bonds. The molecule has 5 rings (SSSR count). The fourth-order valence-corrected chi connectivity index (χ4v) is 9.97. The van der Waals surface area contributed by atoms with Gasteiger partial charge in [-0.3, -0.25) is 19.0 Å². The molecule has 5 aliphatic rings. The second-order valence-corrected chi connectivity index (χ2v) is 15.4. The van der Waals surface area contributed by atoms with Crippen LogP contribution in [0.3, 0.4) is 0 Å². The highest BCUT2D eigenvalue weighted by Crippen LogP contribution is 2.66. The molecule has 0 aromatic heterocycles. The lowest BCUT2D eigenvalue weighted by molar-refractivity contribution is -0.181. The zero-order valence-corrected chi connectivity index (χ0v) is 25.6. The van der Waals surface area contributed by atoms with Crippen molar-refractivity contribution in [3.8, 4) is 0 Å². The van der Waals surface area contributed by atoms with Crippen molar-refractivity contribution >= 4 is 21.7 Å². The van der Waals surface area contributed by atoms with E-state index in [9.17, 15) is 23.1 Å². The lowest BCUT2D eigenvalue weighted by Gasteiger charge is -2.62. The lowest BCUT2D eigenvalue weighted by Crippen LogP contribution is -2.64. The fourth-order valence-electron chi connectivity index (χ4n) is 9.97. The molecule has 5 fully saturated rings. The van der Waals surface area contributed by atoms with Crippen LogP contribution in [0.4, 0.5) is 0 Å². The molecular formula is C30H51NO7S. The Hall–Kier alpha value is -0.870. The maximum atomic E-state index is 14.0. The third-order valence-corrected chi connectivity index (χ3v) is 11.9. The van der Waals surface area contributed by atoms with Crippen molar-refractivity contribution in [1.82, 2.24) is 4.90 Å². The van der Waals surface area contributed by atoms with Gasteiger partial charge in [0.05, 0.1) is 24.6 Å². The van der Waals surface area contributed by atoms with E-state index in [1.54, 1.807) is 6.92 Å². The molecule has 1 aliphatic heterocycles. The van der Waals surface area contributed by atoms with Crippen LogP contribution in [0, 0.1) is 40.4 Å². The standard InChI is InChI=1S/C29H47NO4.CH4O3S/c1-6-29(7-2)17-30(12-13-34-29)23-15-27(4)19(14-24(23)32)8-9-20-22-11-10-21(18(3)31)28(22,5)16-25(33)26(20)27;1-5(2,3)4/h19-24,26,32H,6-17H2,1-5H3;1H3,(H,2,3,4)/t19-,20-,21+,22-,23-,24-,26+,27-,28+;/m0./s1. The summed E-state index contributed by atoms with van der Waals surface area (Å²) < 4.78 is 32.1. The van der Waals surface area contributed by atoms with Crippen LogP contribution >= 0.6 is 0 Å². The highest BCUT2D eigenvalue weighted by atomic mass is 32.2. The topological polar surface area (TPSA) is 121 Å². The van der Waals surface area contributed by atoms with Crippen LogP contribution in [0.15, 0.2) is 0 Å². The molecule has 9 atom stereocenters. The largest absolute Gasteiger partial charge is 0.391 e. The van der Waals surface area contributed by atoms with Gasteiger partial charge in [-0.05, 0) is 86.9 Å². The number of ketones is 2. The number of carbonyl (C=O) groups excluding carboxylic acids is 2. The van der Waals surface area contributed by atoms with E-state index in [-0.39, 0.29) is 46.2 Å². The van der Waals surface area contributed by atoms with Gasteiger partial charge in [0.25, 0.3) is 10.1 Å². The predicted molar refractivity (Wildman–Crippen MR) is 150 cm³/mol. The first-order chi connectivity index (χ1) is 18.1. The van der Waals surface area contributed by atoms with Gasteiger partial charge in [-0.2, -0.15) is 8.42 Å². The minimum Gasteiger partial charge on any atom is -0.391 e. The average molecular weight is 570 g/mol. The van der Waals surface area contributed by atoms with Crippen molar-refractivity contribution in [3.63, 3.8) is 0 Å². The molecule has 0 aromatic rings. The van der Waals surface area contributed by atoms with Crippen molar-refractivity contribution in [1.29, 1.82) is 0 Å². The first-order valence-corrected chi connectivity index (χ1v) is 16.9. The number of aliphatic hydroxyl groups excluding tert-OH is 1. The quantitative estimate of drug-likeness (QED) is 0.485. The molecule has 0 radical (unpaired) electrons. The SMILES string of the molecule is CCC1(CC)CN([C@H]2C[C@@]3(C)[C@@H](CC[C@H]4[C@@H]5CC[C@H](C(C)=O)[C@@]5(C)CC(=O)[C@@H]43)C[C@@H]2O)CCO1.CS(=O)(=O)O. The van der Waals surface area contributed by atoms with E-state index >= 15 is 0 Å². The summed E-state index contributed by atoms with van der Waals surface area (Å²) in [5.74, 6) is 2.15. The van der Waals surface area contributed by atoms with E-state index in [0.717, 1.165) is 71.1 Å². The number of nitrogens with zero attached hydrogens (tertiary/aromatic N) is 1. The number of aliphatic hydroxyl groups is 1. The third-order valence-electron chi connectivity index (χ3n) is 11.9. The summed E-state index contributed by atoms with van der Waals surface area (Å²) in [4.78, 5) is 28.9. The Morgan fingerprint density at radius 1 is 1.10 bits per heavy atom. The Morgan fingerprint density at radius 2 is 1.74 bits per heavy atom. The van der Waals surface area contributed by atoms with Gasteiger partial charge in [0.1, 0.15) is 11.6 Å². The number of Topliss-reactive ketones (excluding diaryl/α,β-unsaturated/α-hetero) is 2. The maximum Gasteiger partial charge on any atom is 0.261 e. The van der Waals surface area contributed by atoms with Gasteiger partial charge >= 0.3 is 0 Å². The van der Waals surface area contributed by atoms with Crippen LogP contribution in [0.1, 0.15) is 92.4 Å². The van der Waals surface area contributed by atoms with Crippen molar-refractivity contribution in [2.24, 2.45) is 40.4 Å². The van der Waals surface area contributed by atoms with Crippen molar-refractivity contribution in [3.05, 3.63) is 0 Å². The molecular weight excluding hydrogens is 518 g/mol. The minimum atomic E-state index is -3.67.